The molecule has 2 fully saturated rings. The molecule has 3 N–H and O–H groups in total. The number of hydrogen-bond acceptors (Lipinski definition) is 5. The second-order valence-electron chi connectivity index (χ2n) is 10.1. The van der Waals surface area contributed by atoms with Crippen molar-refractivity contribution >= 4 is 5.97 Å². The molecule has 3 aliphatic rings. The SMILES string of the molecule is CC1CC[C@@H]2[C@](C)(CO)[C@H](O)CC[C@@]2(C)[C@@H]1CC(Oc1ccc[nH]1)C1=CCOC1=O. The number of aromatic nitrogens is 1. The zero-order valence-electron chi connectivity index (χ0n) is 18.3. The highest BCUT2D eigenvalue weighted by Crippen LogP contribution is 2.62. The maximum Gasteiger partial charge on any atom is 0.337 e. The predicted octanol–water partition coefficient (Wildman–Crippen LogP) is 3.46. The summed E-state index contributed by atoms with van der Waals surface area (Å²) < 4.78 is 11.5. The molecule has 0 saturated heterocycles. The lowest BCUT2D eigenvalue weighted by Crippen LogP contribution is -2.58. The smallest absolute Gasteiger partial charge is 0.337 e. The van der Waals surface area contributed by atoms with Crippen molar-refractivity contribution in [2.75, 3.05) is 13.2 Å². The van der Waals surface area contributed by atoms with Crippen molar-refractivity contribution < 1.29 is 24.5 Å². The van der Waals surface area contributed by atoms with E-state index in [-0.39, 0.29) is 30.0 Å². The van der Waals surface area contributed by atoms with Crippen LogP contribution < -0.4 is 4.74 Å². The number of aromatic amines is 1. The van der Waals surface area contributed by atoms with E-state index in [2.05, 4.69) is 18.8 Å². The fraction of sp³-hybridized carbons (Fsp3) is 0.708. The van der Waals surface area contributed by atoms with Crippen LogP contribution in [0.2, 0.25) is 0 Å². The van der Waals surface area contributed by atoms with E-state index in [0.717, 1.165) is 19.3 Å². The lowest BCUT2D eigenvalue weighted by molar-refractivity contribution is -0.174. The quantitative estimate of drug-likeness (QED) is 0.617. The van der Waals surface area contributed by atoms with Gasteiger partial charge in [-0.1, -0.05) is 27.2 Å². The van der Waals surface area contributed by atoms with Crippen LogP contribution in [-0.2, 0) is 9.53 Å². The molecule has 1 aromatic rings. The number of aliphatic hydroxyl groups excluding tert-OH is 2. The van der Waals surface area contributed by atoms with E-state index in [1.54, 1.807) is 0 Å². The maximum atomic E-state index is 12.4. The number of ether oxygens (including phenoxy) is 2. The van der Waals surface area contributed by atoms with Gasteiger partial charge in [-0.2, -0.15) is 0 Å². The van der Waals surface area contributed by atoms with Crippen molar-refractivity contribution in [3.63, 3.8) is 0 Å². The first kappa shape index (κ1) is 21.4. The van der Waals surface area contributed by atoms with Crippen molar-refractivity contribution in [1.82, 2.24) is 4.98 Å². The monoisotopic (exact) mass is 417 g/mol. The molecule has 6 nitrogen and oxygen atoms in total. The summed E-state index contributed by atoms with van der Waals surface area (Å²) in [5.74, 6) is 1.36. The lowest BCUT2D eigenvalue weighted by atomic mass is 9.45. The van der Waals surface area contributed by atoms with Gasteiger partial charge in [-0.15, -0.1) is 0 Å². The van der Waals surface area contributed by atoms with Crippen molar-refractivity contribution in [2.45, 2.75) is 65.1 Å². The molecule has 2 saturated carbocycles. The average Bonchev–Trinajstić information content (AvgIpc) is 3.38. The first-order valence-electron chi connectivity index (χ1n) is 11.3. The van der Waals surface area contributed by atoms with E-state index < -0.39 is 11.5 Å². The molecule has 2 heterocycles. The Bertz CT molecular complexity index is 790. The molecule has 30 heavy (non-hydrogen) atoms. The summed E-state index contributed by atoms with van der Waals surface area (Å²) in [6.07, 6.45) is 7.17. The van der Waals surface area contributed by atoms with Crippen LogP contribution in [0, 0.1) is 28.6 Å². The molecule has 4 rings (SSSR count). The Labute approximate surface area is 178 Å². The summed E-state index contributed by atoms with van der Waals surface area (Å²) >= 11 is 0. The van der Waals surface area contributed by atoms with Crippen molar-refractivity contribution in [2.24, 2.45) is 28.6 Å². The number of cyclic esters (lactones) is 1. The molecule has 0 radical (unpaired) electrons. The highest BCUT2D eigenvalue weighted by molar-refractivity contribution is 5.91. The Hall–Kier alpha value is -1.79. The van der Waals surface area contributed by atoms with E-state index in [1.165, 1.54) is 0 Å². The normalized spacial score (nSPS) is 39.8. The zero-order chi connectivity index (χ0) is 21.5. The lowest BCUT2D eigenvalue weighted by Gasteiger charge is -2.61. The van der Waals surface area contributed by atoms with Gasteiger partial charge in [0.2, 0.25) is 0 Å². The van der Waals surface area contributed by atoms with Crippen LogP contribution >= 0.6 is 0 Å². The molecule has 166 valence electrons. The summed E-state index contributed by atoms with van der Waals surface area (Å²) in [6, 6.07) is 3.74. The predicted molar refractivity (Wildman–Crippen MR) is 113 cm³/mol. The number of aliphatic hydroxyl groups is 2. The summed E-state index contributed by atoms with van der Waals surface area (Å²) in [5, 5.41) is 21.0. The van der Waals surface area contributed by atoms with E-state index in [0.29, 0.717) is 42.7 Å². The van der Waals surface area contributed by atoms with Gasteiger partial charge in [-0.05, 0) is 67.1 Å². The van der Waals surface area contributed by atoms with Gasteiger partial charge >= 0.3 is 5.97 Å². The minimum atomic E-state index is -0.493. The summed E-state index contributed by atoms with van der Waals surface area (Å²) in [5.41, 5.74) is 0.0740. The molecular weight excluding hydrogens is 382 g/mol. The first-order valence-corrected chi connectivity index (χ1v) is 11.3. The molecule has 1 aliphatic heterocycles. The minimum absolute atomic E-state index is 0.00456. The molecule has 1 aromatic heterocycles. The van der Waals surface area contributed by atoms with Crippen molar-refractivity contribution in [3.05, 3.63) is 30.0 Å². The van der Waals surface area contributed by atoms with Crippen LogP contribution in [0.25, 0.3) is 0 Å². The van der Waals surface area contributed by atoms with E-state index in [1.807, 2.05) is 31.3 Å². The Balaban J connectivity index is 1.65. The van der Waals surface area contributed by atoms with Gasteiger partial charge in [-0.3, -0.25) is 0 Å². The number of rotatable bonds is 6. The number of hydrogen-bond donors (Lipinski definition) is 3. The van der Waals surface area contributed by atoms with Crippen LogP contribution in [0.1, 0.15) is 52.9 Å². The average molecular weight is 418 g/mol. The van der Waals surface area contributed by atoms with Gasteiger partial charge < -0.3 is 24.7 Å². The fourth-order valence-electron chi connectivity index (χ4n) is 6.68. The topological polar surface area (TPSA) is 91.8 Å². The van der Waals surface area contributed by atoms with Crippen LogP contribution in [-0.4, -0.2) is 46.6 Å². The van der Waals surface area contributed by atoms with Crippen LogP contribution in [0.4, 0.5) is 0 Å². The molecule has 6 heteroatoms. The van der Waals surface area contributed by atoms with E-state index in [4.69, 9.17) is 9.47 Å². The number of H-pyrrole nitrogens is 1. The molecule has 7 atom stereocenters. The fourth-order valence-corrected chi connectivity index (χ4v) is 6.68. The first-order chi connectivity index (χ1) is 14.3. The highest BCUT2D eigenvalue weighted by Gasteiger charge is 2.58. The second kappa shape index (κ2) is 8.04. The van der Waals surface area contributed by atoms with Crippen LogP contribution in [0.5, 0.6) is 5.88 Å². The Morgan fingerprint density at radius 3 is 2.77 bits per heavy atom. The Kier molecular flexibility index (Phi) is 5.75. The Morgan fingerprint density at radius 2 is 2.13 bits per heavy atom. The van der Waals surface area contributed by atoms with Crippen molar-refractivity contribution in [1.29, 1.82) is 0 Å². The van der Waals surface area contributed by atoms with Gasteiger partial charge in [-0.25, -0.2) is 4.79 Å². The largest absolute Gasteiger partial charge is 0.471 e. The zero-order valence-corrected chi connectivity index (χ0v) is 18.3. The summed E-state index contributed by atoms with van der Waals surface area (Å²) in [6.45, 7) is 6.95. The number of nitrogens with one attached hydrogen (secondary N) is 1. The maximum absolute atomic E-state index is 12.4. The van der Waals surface area contributed by atoms with E-state index >= 15 is 0 Å². The molecule has 0 spiro atoms. The minimum Gasteiger partial charge on any atom is -0.471 e. The third-order valence-electron chi connectivity index (χ3n) is 8.50. The van der Waals surface area contributed by atoms with Gasteiger partial charge in [0, 0.05) is 11.6 Å². The van der Waals surface area contributed by atoms with Gasteiger partial charge in [0.1, 0.15) is 12.7 Å². The van der Waals surface area contributed by atoms with Crippen molar-refractivity contribution in [3.8, 4) is 5.88 Å². The summed E-state index contributed by atoms with van der Waals surface area (Å²) in [7, 11) is 0. The highest BCUT2D eigenvalue weighted by atomic mass is 16.5. The standard InChI is InChI=1S/C24H35NO5/c1-15-6-7-19-23(2,10-8-20(27)24(19,3)14-26)17(15)13-18(16-9-12-29-22(16)28)30-21-5-4-11-25-21/h4-5,9,11,15,17-20,25-27H,6-8,10,12-14H2,1-3H3/t15?,17-,18?,19+,20-,23+,24+/m1/s1. The van der Waals surface area contributed by atoms with Crippen LogP contribution in [0.15, 0.2) is 30.0 Å². The number of carbonyl (C=O) groups excluding carboxylic acids is 1. The molecular formula is C24H35NO5. The molecule has 2 aliphatic carbocycles. The third-order valence-corrected chi connectivity index (χ3v) is 8.50. The van der Waals surface area contributed by atoms with Gasteiger partial charge in [0.15, 0.2) is 5.88 Å². The molecule has 0 amide bonds. The number of esters is 1. The summed E-state index contributed by atoms with van der Waals surface area (Å²) in [4.78, 5) is 15.5. The van der Waals surface area contributed by atoms with Gasteiger partial charge in [0.25, 0.3) is 0 Å². The number of carbonyl (C=O) groups is 1. The Morgan fingerprint density at radius 1 is 1.33 bits per heavy atom. The van der Waals surface area contributed by atoms with E-state index in [9.17, 15) is 15.0 Å². The van der Waals surface area contributed by atoms with Crippen LogP contribution in [0.3, 0.4) is 0 Å². The third kappa shape index (κ3) is 3.48. The molecule has 0 aromatic carbocycles. The van der Waals surface area contributed by atoms with Gasteiger partial charge in [0.05, 0.1) is 18.3 Å². The second-order valence-corrected chi connectivity index (χ2v) is 10.1. The molecule has 0 bridgehead atoms. The molecule has 2 unspecified atom stereocenters. The number of fused-ring (bicyclic) bond motifs is 1.